The standard InChI is InChI=1S/C10H15NO/c1-8-5-4-6-9(11(2)3)7-10(8)12/h4-5,7,12H,6H2,1-3H3. The van der Waals surface area contributed by atoms with E-state index in [1.807, 2.05) is 38.1 Å². The summed E-state index contributed by atoms with van der Waals surface area (Å²) in [6.45, 7) is 1.90. The Morgan fingerprint density at radius 3 is 2.67 bits per heavy atom. The van der Waals surface area contributed by atoms with Crippen molar-refractivity contribution in [3.05, 3.63) is 35.3 Å². The van der Waals surface area contributed by atoms with Gasteiger partial charge in [0, 0.05) is 26.2 Å². The van der Waals surface area contributed by atoms with Crippen LogP contribution in [-0.4, -0.2) is 24.1 Å². The van der Waals surface area contributed by atoms with Crippen LogP contribution in [0.3, 0.4) is 0 Å². The van der Waals surface area contributed by atoms with Crippen LogP contribution in [0.5, 0.6) is 0 Å². The zero-order chi connectivity index (χ0) is 9.14. The van der Waals surface area contributed by atoms with Crippen LogP contribution in [0.25, 0.3) is 0 Å². The molecule has 66 valence electrons. The number of aliphatic hydroxyl groups excluding tert-OH is 1. The van der Waals surface area contributed by atoms with Crippen LogP contribution in [0.15, 0.2) is 35.3 Å². The Hall–Kier alpha value is -1.18. The molecule has 0 radical (unpaired) electrons. The van der Waals surface area contributed by atoms with Crippen molar-refractivity contribution in [2.45, 2.75) is 13.3 Å². The van der Waals surface area contributed by atoms with E-state index in [4.69, 9.17) is 0 Å². The maximum absolute atomic E-state index is 9.50. The molecule has 0 bridgehead atoms. The van der Waals surface area contributed by atoms with Crippen LogP contribution in [-0.2, 0) is 0 Å². The van der Waals surface area contributed by atoms with Gasteiger partial charge in [0.15, 0.2) is 0 Å². The van der Waals surface area contributed by atoms with Gasteiger partial charge in [0.1, 0.15) is 5.76 Å². The molecule has 0 heterocycles. The highest BCUT2D eigenvalue weighted by Crippen LogP contribution is 2.16. The number of rotatable bonds is 1. The van der Waals surface area contributed by atoms with Gasteiger partial charge in [-0.3, -0.25) is 0 Å². The maximum atomic E-state index is 9.50. The maximum Gasteiger partial charge on any atom is 0.120 e. The summed E-state index contributed by atoms with van der Waals surface area (Å²) in [5, 5.41) is 9.50. The largest absolute Gasteiger partial charge is 0.508 e. The van der Waals surface area contributed by atoms with Crippen molar-refractivity contribution in [3.8, 4) is 0 Å². The second-order valence-electron chi connectivity index (χ2n) is 3.20. The van der Waals surface area contributed by atoms with Crippen LogP contribution < -0.4 is 0 Å². The van der Waals surface area contributed by atoms with Crippen LogP contribution in [0, 0.1) is 0 Å². The summed E-state index contributed by atoms with van der Waals surface area (Å²) >= 11 is 0. The van der Waals surface area contributed by atoms with Crippen LogP contribution in [0.1, 0.15) is 13.3 Å². The fourth-order valence-electron chi connectivity index (χ4n) is 1.08. The van der Waals surface area contributed by atoms with Gasteiger partial charge in [-0.05, 0) is 18.6 Å². The molecule has 1 N–H and O–H groups in total. The van der Waals surface area contributed by atoms with Gasteiger partial charge in [-0.1, -0.05) is 12.2 Å². The fraction of sp³-hybridized carbons (Fsp3) is 0.400. The predicted molar refractivity (Wildman–Crippen MR) is 50.9 cm³/mol. The number of hydrogen-bond acceptors (Lipinski definition) is 2. The predicted octanol–water partition coefficient (Wildman–Crippen LogP) is 2.22. The first-order valence-electron chi connectivity index (χ1n) is 4.05. The molecule has 12 heavy (non-hydrogen) atoms. The molecular formula is C10H15NO. The zero-order valence-corrected chi connectivity index (χ0v) is 7.83. The van der Waals surface area contributed by atoms with Gasteiger partial charge in [0.05, 0.1) is 0 Å². The second kappa shape index (κ2) is 3.48. The third-order valence-electron chi connectivity index (χ3n) is 1.98. The average molecular weight is 165 g/mol. The zero-order valence-electron chi connectivity index (χ0n) is 7.83. The normalized spacial score (nSPS) is 17.4. The van der Waals surface area contributed by atoms with Crippen molar-refractivity contribution in [2.75, 3.05) is 14.1 Å². The summed E-state index contributed by atoms with van der Waals surface area (Å²) in [7, 11) is 3.96. The van der Waals surface area contributed by atoms with E-state index >= 15 is 0 Å². The monoisotopic (exact) mass is 165 g/mol. The van der Waals surface area contributed by atoms with Crippen LogP contribution >= 0.6 is 0 Å². The van der Waals surface area contributed by atoms with Gasteiger partial charge >= 0.3 is 0 Å². The first kappa shape index (κ1) is 8.91. The smallest absolute Gasteiger partial charge is 0.120 e. The van der Waals surface area contributed by atoms with E-state index in [0.717, 1.165) is 17.7 Å². The summed E-state index contributed by atoms with van der Waals surface area (Å²) in [4.78, 5) is 2.01. The molecule has 1 rings (SSSR count). The number of nitrogens with zero attached hydrogens (tertiary/aromatic N) is 1. The Labute approximate surface area is 73.5 Å². The highest BCUT2D eigenvalue weighted by molar-refractivity contribution is 5.32. The Balaban J connectivity index is 2.95. The van der Waals surface area contributed by atoms with Gasteiger partial charge in [-0.15, -0.1) is 0 Å². The van der Waals surface area contributed by atoms with Crippen molar-refractivity contribution < 1.29 is 5.11 Å². The molecule has 0 aromatic rings. The Bertz CT molecular complexity index is 259. The van der Waals surface area contributed by atoms with E-state index < -0.39 is 0 Å². The highest BCUT2D eigenvalue weighted by atomic mass is 16.3. The Morgan fingerprint density at radius 1 is 1.42 bits per heavy atom. The van der Waals surface area contributed by atoms with E-state index in [-0.39, 0.29) is 0 Å². The average Bonchev–Trinajstić information content (AvgIpc) is 2.15. The van der Waals surface area contributed by atoms with Crippen LogP contribution in [0.4, 0.5) is 0 Å². The lowest BCUT2D eigenvalue weighted by molar-refractivity contribution is 0.420. The second-order valence-corrected chi connectivity index (χ2v) is 3.20. The van der Waals surface area contributed by atoms with E-state index in [0.29, 0.717) is 5.76 Å². The van der Waals surface area contributed by atoms with Gasteiger partial charge in [0.25, 0.3) is 0 Å². The van der Waals surface area contributed by atoms with Gasteiger partial charge < -0.3 is 10.0 Å². The van der Waals surface area contributed by atoms with Crippen molar-refractivity contribution >= 4 is 0 Å². The summed E-state index contributed by atoms with van der Waals surface area (Å²) in [5.41, 5.74) is 2.05. The number of hydrogen-bond donors (Lipinski definition) is 1. The number of allylic oxidation sites excluding steroid dienone is 4. The summed E-state index contributed by atoms with van der Waals surface area (Å²) in [6.07, 6.45) is 6.70. The molecule has 0 fully saturated rings. The molecule has 0 saturated heterocycles. The minimum Gasteiger partial charge on any atom is -0.508 e. The van der Waals surface area contributed by atoms with Crippen molar-refractivity contribution in [1.29, 1.82) is 0 Å². The molecule has 2 nitrogen and oxygen atoms in total. The number of aliphatic hydroxyl groups is 1. The molecule has 0 aliphatic heterocycles. The molecule has 0 atom stereocenters. The summed E-state index contributed by atoms with van der Waals surface area (Å²) in [5.74, 6) is 0.368. The molecule has 1 aliphatic carbocycles. The van der Waals surface area contributed by atoms with E-state index in [9.17, 15) is 5.11 Å². The first-order chi connectivity index (χ1) is 5.61. The van der Waals surface area contributed by atoms with Gasteiger partial charge in [-0.25, -0.2) is 0 Å². The third-order valence-corrected chi connectivity index (χ3v) is 1.98. The van der Waals surface area contributed by atoms with E-state index in [1.165, 1.54) is 0 Å². The molecule has 0 saturated carbocycles. The van der Waals surface area contributed by atoms with Gasteiger partial charge in [0.2, 0.25) is 0 Å². The molecule has 0 unspecified atom stereocenters. The fourth-order valence-corrected chi connectivity index (χ4v) is 1.08. The van der Waals surface area contributed by atoms with Crippen molar-refractivity contribution in [1.82, 2.24) is 4.90 Å². The molecule has 0 spiro atoms. The molecule has 0 aromatic heterocycles. The third kappa shape index (κ3) is 1.91. The Kier molecular flexibility index (Phi) is 2.58. The van der Waals surface area contributed by atoms with Crippen LogP contribution in [0.2, 0.25) is 0 Å². The molecule has 0 amide bonds. The topological polar surface area (TPSA) is 23.5 Å². The van der Waals surface area contributed by atoms with E-state index in [1.54, 1.807) is 0 Å². The molecular weight excluding hydrogens is 150 g/mol. The van der Waals surface area contributed by atoms with E-state index in [2.05, 4.69) is 6.08 Å². The Morgan fingerprint density at radius 2 is 2.08 bits per heavy atom. The molecule has 2 heteroatoms. The van der Waals surface area contributed by atoms with Crippen molar-refractivity contribution in [2.24, 2.45) is 0 Å². The SMILES string of the molecule is CC1=C(O)C=C(N(C)C)CC=C1. The van der Waals surface area contributed by atoms with Gasteiger partial charge in [-0.2, -0.15) is 0 Å². The summed E-state index contributed by atoms with van der Waals surface area (Å²) in [6, 6.07) is 0. The summed E-state index contributed by atoms with van der Waals surface area (Å²) < 4.78 is 0. The quantitative estimate of drug-likeness (QED) is 0.644. The molecule has 0 aromatic carbocycles. The lowest BCUT2D eigenvalue weighted by Crippen LogP contribution is -2.10. The molecule has 1 aliphatic rings. The minimum atomic E-state index is 0.368. The van der Waals surface area contributed by atoms with Crippen molar-refractivity contribution in [3.63, 3.8) is 0 Å². The lowest BCUT2D eigenvalue weighted by Gasteiger charge is -2.14. The first-order valence-corrected chi connectivity index (χ1v) is 4.05. The minimum absolute atomic E-state index is 0.368. The highest BCUT2D eigenvalue weighted by Gasteiger charge is 2.04. The lowest BCUT2D eigenvalue weighted by atomic mass is 10.2.